The minimum atomic E-state index is -6.13. The molecule has 0 saturated carbocycles. The Morgan fingerprint density at radius 3 is 0.824 bits per heavy atom. The Labute approximate surface area is 408 Å². The minimum Gasteiger partial charge on any atom is -0.287 e. The molecule has 29 heteroatoms. The third-order valence-corrected chi connectivity index (χ3v) is 11.4. The smallest absolute Gasteiger partial charge is 0.287 e. The van der Waals surface area contributed by atoms with E-state index >= 15 is 0 Å². The maximum Gasteiger partial charge on any atom is 0.416 e. The summed E-state index contributed by atoms with van der Waals surface area (Å²) in [4.78, 5) is 11.9. The average Bonchev–Trinajstić information content (AvgIpc) is 3.25. The van der Waals surface area contributed by atoms with Crippen molar-refractivity contribution in [2.24, 2.45) is 0 Å². The molecule has 74 heavy (non-hydrogen) atoms. The van der Waals surface area contributed by atoms with Gasteiger partial charge in [0.1, 0.15) is 6.15 Å². The summed E-state index contributed by atoms with van der Waals surface area (Å²) >= 11 is 11.8. The predicted molar refractivity (Wildman–Crippen MR) is 218 cm³/mol. The van der Waals surface area contributed by atoms with Crippen LogP contribution in [0.1, 0.15) is 54.9 Å². The topological polar surface area (TPSA) is 20.9 Å². The van der Waals surface area contributed by atoms with E-state index in [1.807, 2.05) is 18.2 Å². The first-order valence-corrected chi connectivity index (χ1v) is 20.5. The van der Waals surface area contributed by atoms with Gasteiger partial charge in [-0.3, -0.25) is 4.79 Å². The number of pyridine rings is 1. The molecule has 0 spiro atoms. The second-order valence-corrected chi connectivity index (χ2v) is 16.6. The van der Waals surface area contributed by atoms with Crippen LogP contribution in [0.4, 0.5) is 105 Å². The summed E-state index contributed by atoms with van der Waals surface area (Å²) in [6.07, 6.45) is -53.1. The molecule has 2 nitrogen and oxygen atoms in total. The fourth-order valence-corrected chi connectivity index (χ4v) is 8.00. The van der Waals surface area contributed by atoms with Gasteiger partial charge in [-0.15, -0.1) is 0 Å². The molecule has 398 valence electrons. The van der Waals surface area contributed by atoms with Gasteiger partial charge in [0.25, 0.3) is 5.15 Å². The number of hydrogen-bond donors (Lipinski definition) is 0. The van der Waals surface area contributed by atoms with Gasteiger partial charge in [0.15, 0.2) is 6.20 Å². The summed E-state index contributed by atoms with van der Waals surface area (Å²) in [5.41, 5.74) is -29.5. The second-order valence-electron chi connectivity index (χ2n) is 15.8. The molecular formula is C45H22BCl2F24NO. The third-order valence-electron chi connectivity index (χ3n) is 10.8. The molecule has 0 radical (unpaired) electrons. The summed E-state index contributed by atoms with van der Waals surface area (Å²) < 4.78 is 342. The molecule has 0 aliphatic carbocycles. The van der Waals surface area contributed by atoms with Crippen molar-refractivity contribution in [1.82, 2.24) is 0 Å². The normalized spacial score (nSPS) is 13.4. The standard InChI is InChI=1S/C32H12BF24.C13H10Cl2NO/c34-25(35,36)13-1-14(26(37,38)39)6-21(5-13)33(22-7-15(27(40,41)42)2-16(8-22)28(43,44)45,23-9-17(29(46,47)48)3-18(10-23)30(49,50)51)24-11-19(31(52,53)54)4-20(12-24)32(55,56)57;14-11-6-7-16(13(15)8-11)9-12(17)10-4-2-1-3-5-10/h1-12H;1-8H,9H2/q-1;+1. The van der Waals surface area contributed by atoms with Crippen LogP contribution in [0.25, 0.3) is 0 Å². The van der Waals surface area contributed by atoms with Gasteiger partial charge in [-0.2, -0.15) is 132 Å². The summed E-state index contributed by atoms with van der Waals surface area (Å²) in [6, 6.07) is 3.61. The number of rotatable bonds is 7. The number of nitrogens with zero attached hydrogens (tertiary/aromatic N) is 1. The largest absolute Gasteiger partial charge is 0.416 e. The molecule has 1 aromatic heterocycles. The highest BCUT2D eigenvalue weighted by Gasteiger charge is 2.47. The monoisotopic (exact) mass is 1130 g/mol. The first-order chi connectivity index (χ1) is 33.4. The molecule has 0 bridgehead atoms. The van der Waals surface area contributed by atoms with E-state index in [1.54, 1.807) is 35.0 Å². The van der Waals surface area contributed by atoms with E-state index in [2.05, 4.69) is 0 Å². The van der Waals surface area contributed by atoms with Crippen molar-refractivity contribution in [2.75, 3.05) is 0 Å². The van der Waals surface area contributed by atoms with Gasteiger partial charge in [-0.1, -0.05) is 90.5 Å². The summed E-state index contributed by atoms with van der Waals surface area (Å²) in [7, 11) is 0. The lowest BCUT2D eigenvalue weighted by molar-refractivity contribution is -0.681. The van der Waals surface area contributed by atoms with Crippen molar-refractivity contribution in [3.63, 3.8) is 0 Å². The van der Waals surface area contributed by atoms with Gasteiger partial charge >= 0.3 is 49.4 Å². The van der Waals surface area contributed by atoms with Crippen molar-refractivity contribution >= 4 is 57.0 Å². The van der Waals surface area contributed by atoms with E-state index in [0.717, 1.165) is 0 Å². The van der Waals surface area contributed by atoms with Crippen LogP contribution in [0.2, 0.25) is 10.2 Å². The van der Waals surface area contributed by atoms with Crippen molar-refractivity contribution in [3.05, 3.63) is 182 Å². The maximum atomic E-state index is 14.2. The number of alkyl halides is 24. The molecule has 0 N–H and O–H groups in total. The second kappa shape index (κ2) is 20.2. The van der Waals surface area contributed by atoms with Crippen LogP contribution in [0, 0.1) is 0 Å². The van der Waals surface area contributed by atoms with Crippen molar-refractivity contribution in [3.8, 4) is 0 Å². The Bertz CT molecular complexity index is 2580. The Kier molecular flexibility index (Phi) is 16.0. The van der Waals surface area contributed by atoms with Crippen LogP contribution in [0.15, 0.2) is 121 Å². The number of hydrogen-bond acceptors (Lipinski definition) is 1. The highest BCUT2D eigenvalue weighted by atomic mass is 35.5. The van der Waals surface area contributed by atoms with Crippen molar-refractivity contribution < 1.29 is 115 Å². The molecule has 6 rings (SSSR count). The van der Waals surface area contributed by atoms with Crippen LogP contribution in [0.3, 0.4) is 0 Å². The van der Waals surface area contributed by atoms with E-state index in [9.17, 15) is 110 Å². The molecule has 0 fully saturated rings. The lowest BCUT2D eigenvalue weighted by Gasteiger charge is -2.46. The first kappa shape index (κ1) is 58.8. The molecule has 1 heterocycles. The first-order valence-electron chi connectivity index (χ1n) is 19.7. The molecule has 0 aliphatic rings. The van der Waals surface area contributed by atoms with Crippen LogP contribution in [0.5, 0.6) is 0 Å². The number of aromatic nitrogens is 1. The van der Waals surface area contributed by atoms with E-state index in [0.29, 0.717) is 15.7 Å². The van der Waals surface area contributed by atoms with E-state index in [1.165, 1.54) is 0 Å². The lowest BCUT2D eigenvalue weighted by Crippen LogP contribution is -2.75. The summed E-state index contributed by atoms with van der Waals surface area (Å²) in [5, 5.41) is 1.00. The van der Waals surface area contributed by atoms with E-state index in [4.69, 9.17) is 23.2 Å². The van der Waals surface area contributed by atoms with Gasteiger partial charge in [0.05, 0.1) is 49.5 Å². The van der Waals surface area contributed by atoms with Gasteiger partial charge in [0, 0.05) is 17.7 Å². The third kappa shape index (κ3) is 13.6. The molecule has 0 atom stereocenters. The van der Waals surface area contributed by atoms with Gasteiger partial charge in [0.2, 0.25) is 12.3 Å². The van der Waals surface area contributed by atoms with Crippen molar-refractivity contribution in [2.45, 2.75) is 56.0 Å². The Morgan fingerprint density at radius 2 is 0.608 bits per heavy atom. The molecule has 0 amide bonds. The molecule has 0 aliphatic heterocycles. The zero-order chi connectivity index (χ0) is 56.2. The maximum absolute atomic E-state index is 14.2. The Balaban J connectivity index is 0.000000500. The van der Waals surface area contributed by atoms with Gasteiger partial charge < -0.3 is 0 Å². The highest BCUT2D eigenvalue weighted by molar-refractivity contribution is 7.20. The zero-order valence-electron chi connectivity index (χ0n) is 35.5. The molecule has 5 aromatic carbocycles. The van der Waals surface area contributed by atoms with Crippen LogP contribution >= 0.6 is 23.2 Å². The molecule has 0 unspecified atom stereocenters. The molecule has 0 saturated heterocycles. The number of carbonyl (C=O) groups excluding carboxylic acids is 1. The van der Waals surface area contributed by atoms with Crippen LogP contribution < -0.4 is 26.4 Å². The fourth-order valence-electron chi connectivity index (χ4n) is 7.55. The molecule has 6 aromatic rings. The minimum absolute atomic E-state index is 0.0137. The quantitative estimate of drug-likeness (QED) is 0.0513. The van der Waals surface area contributed by atoms with Crippen LogP contribution in [-0.4, -0.2) is 11.9 Å². The number of carbonyl (C=O) groups is 1. The predicted octanol–water partition coefficient (Wildman–Crippen LogP) is 14.4. The summed E-state index contributed by atoms with van der Waals surface area (Å²) in [5.74, 6) is 0.0137. The fraction of sp³-hybridized carbons (Fsp3) is 0.200. The van der Waals surface area contributed by atoms with Crippen LogP contribution in [-0.2, 0) is 56.0 Å². The zero-order valence-corrected chi connectivity index (χ0v) is 37.0. The Morgan fingerprint density at radius 1 is 0.365 bits per heavy atom. The summed E-state index contributed by atoms with van der Waals surface area (Å²) in [6.45, 7) is 0.208. The highest BCUT2D eigenvalue weighted by Crippen LogP contribution is 2.41. The number of Topliss-reactive ketones (excluding diaryl/α,β-unsaturated/α-hetero) is 1. The van der Waals surface area contributed by atoms with Gasteiger partial charge in [-0.05, 0) is 35.9 Å². The Hall–Kier alpha value is -6.12. The van der Waals surface area contributed by atoms with E-state index in [-0.39, 0.29) is 12.3 Å². The van der Waals surface area contributed by atoms with E-state index < -0.39 is 195 Å². The number of ketones is 1. The number of halogens is 26. The lowest BCUT2D eigenvalue weighted by atomic mass is 9.12. The SMILES string of the molecule is FC(F)(F)c1cc([B-](c2cc(C(F)(F)F)cc(C(F)(F)F)c2)(c2cc(C(F)(F)F)cc(C(F)(F)F)c2)c2cc(C(F)(F)F)cc(C(F)(F)F)c2)cc(C(F)(F)F)c1.O=C(C[n+]1ccc(Cl)cc1Cl)c1ccccc1. The van der Waals surface area contributed by atoms with Crippen molar-refractivity contribution in [1.29, 1.82) is 0 Å². The van der Waals surface area contributed by atoms with Gasteiger partial charge in [-0.25, -0.2) is 0 Å². The number of benzene rings is 5. The average molecular weight is 1130 g/mol. The molecular weight excluding hydrogens is 1110 g/mol.